The van der Waals surface area contributed by atoms with E-state index in [1.807, 2.05) is 19.9 Å². The summed E-state index contributed by atoms with van der Waals surface area (Å²) < 4.78 is 18.3. The second kappa shape index (κ2) is 10.9. The molecular weight excluding hydrogens is 445 g/mol. The van der Waals surface area contributed by atoms with E-state index >= 15 is 0 Å². The summed E-state index contributed by atoms with van der Waals surface area (Å²) in [7, 11) is 1.43. The average molecular weight is 482 g/mol. The normalized spacial score (nSPS) is 23.7. The second-order valence-corrected chi connectivity index (χ2v) is 9.73. The van der Waals surface area contributed by atoms with Crippen LogP contribution in [0.4, 0.5) is 4.39 Å². The highest BCUT2D eigenvalue weighted by atomic mass is 19.1. The summed E-state index contributed by atoms with van der Waals surface area (Å²) in [6, 6.07) is 6.15. The summed E-state index contributed by atoms with van der Waals surface area (Å²) in [4.78, 5) is 34.1. The van der Waals surface area contributed by atoms with E-state index in [0.717, 1.165) is 68.7 Å². The van der Waals surface area contributed by atoms with E-state index in [-0.39, 0.29) is 17.7 Å². The van der Waals surface area contributed by atoms with Crippen LogP contribution in [0, 0.1) is 11.7 Å². The fourth-order valence-corrected chi connectivity index (χ4v) is 5.64. The van der Waals surface area contributed by atoms with Crippen LogP contribution in [0.2, 0.25) is 0 Å². The van der Waals surface area contributed by atoms with E-state index in [4.69, 9.17) is 9.73 Å². The van der Waals surface area contributed by atoms with Gasteiger partial charge >= 0.3 is 5.97 Å². The van der Waals surface area contributed by atoms with E-state index in [9.17, 15) is 14.0 Å². The number of hydrogen-bond acceptors (Lipinski definition) is 5. The van der Waals surface area contributed by atoms with Crippen molar-refractivity contribution in [1.29, 1.82) is 0 Å². The summed E-state index contributed by atoms with van der Waals surface area (Å²) >= 11 is 0. The predicted octanol–water partition coefficient (Wildman–Crippen LogP) is 4.61. The van der Waals surface area contributed by atoms with Crippen LogP contribution in [0.5, 0.6) is 0 Å². The summed E-state index contributed by atoms with van der Waals surface area (Å²) in [6.07, 6.45) is 9.44. The molecule has 1 atom stereocenters. The number of amidine groups is 1. The first-order valence-electron chi connectivity index (χ1n) is 12.7. The van der Waals surface area contributed by atoms with Crippen molar-refractivity contribution in [2.45, 2.75) is 57.9 Å². The Kier molecular flexibility index (Phi) is 7.85. The number of benzene rings is 1. The fraction of sp³-hybridized carbons (Fsp3) is 0.536. The van der Waals surface area contributed by atoms with E-state index < -0.39 is 5.54 Å². The third-order valence-corrected chi connectivity index (χ3v) is 7.77. The molecule has 3 aliphatic rings. The van der Waals surface area contributed by atoms with Crippen LogP contribution < -0.4 is 0 Å². The Morgan fingerprint density at radius 3 is 2.46 bits per heavy atom. The molecule has 0 bridgehead atoms. The standard InChI is InChI=1S/C28H36FN3O3/c1-4-28(24-10-12-25(29)13-11-24)27(34)32(20(2)30-28)17-5-16-31-18-14-22(15-19-31)21-6-8-23(9-7-21)26(33)35-3/h6,8,10-13,22H,4-5,7,9,14-19H2,1-3H3. The summed E-state index contributed by atoms with van der Waals surface area (Å²) in [5.41, 5.74) is 2.02. The lowest BCUT2D eigenvalue weighted by atomic mass is 9.83. The molecule has 1 saturated heterocycles. The van der Waals surface area contributed by atoms with Crippen molar-refractivity contribution in [2.24, 2.45) is 10.9 Å². The predicted molar refractivity (Wildman–Crippen MR) is 134 cm³/mol. The monoisotopic (exact) mass is 481 g/mol. The molecule has 0 N–H and O–H groups in total. The van der Waals surface area contributed by atoms with Gasteiger partial charge in [0, 0.05) is 12.1 Å². The summed E-state index contributed by atoms with van der Waals surface area (Å²) in [5, 5.41) is 0. The number of carbonyl (C=O) groups excluding carboxylic acids is 2. The molecule has 0 saturated carbocycles. The molecular formula is C28H36FN3O3. The Morgan fingerprint density at radius 2 is 1.86 bits per heavy atom. The molecule has 35 heavy (non-hydrogen) atoms. The van der Waals surface area contributed by atoms with E-state index in [2.05, 4.69) is 11.0 Å². The van der Waals surface area contributed by atoms with Crippen molar-refractivity contribution in [3.63, 3.8) is 0 Å². The third kappa shape index (κ3) is 5.25. The minimum atomic E-state index is -0.938. The number of esters is 1. The largest absolute Gasteiger partial charge is 0.466 e. The van der Waals surface area contributed by atoms with Crippen LogP contribution in [0.3, 0.4) is 0 Å². The van der Waals surface area contributed by atoms with Gasteiger partial charge in [0.1, 0.15) is 11.7 Å². The highest BCUT2D eigenvalue weighted by molar-refractivity contribution is 6.07. The van der Waals surface area contributed by atoms with Gasteiger partial charge in [-0.05, 0) is 88.7 Å². The van der Waals surface area contributed by atoms with Crippen molar-refractivity contribution in [3.05, 3.63) is 58.9 Å². The van der Waals surface area contributed by atoms with Crippen molar-refractivity contribution in [2.75, 3.05) is 33.3 Å². The zero-order valence-electron chi connectivity index (χ0n) is 21.1. The first kappa shape index (κ1) is 25.3. The smallest absolute Gasteiger partial charge is 0.333 e. The molecule has 6 nitrogen and oxygen atoms in total. The SMILES string of the molecule is CCC1(c2ccc(F)cc2)N=C(C)N(CCCN2CCC(C3=CC=C(C(=O)OC)CC3)CC2)C1=O. The second-order valence-electron chi connectivity index (χ2n) is 9.73. The molecule has 7 heteroatoms. The minimum Gasteiger partial charge on any atom is -0.466 e. The van der Waals surface area contributed by atoms with Gasteiger partial charge in [-0.25, -0.2) is 9.18 Å². The number of halogens is 1. The van der Waals surface area contributed by atoms with Crippen LogP contribution in [0.15, 0.2) is 52.6 Å². The number of likely N-dealkylation sites (tertiary alicyclic amines) is 1. The first-order chi connectivity index (χ1) is 16.9. The molecule has 2 aliphatic heterocycles. The van der Waals surface area contributed by atoms with Gasteiger partial charge < -0.3 is 9.64 Å². The molecule has 0 spiro atoms. The molecule has 0 radical (unpaired) electrons. The van der Waals surface area contributed by atoms with Crippen LogP contribution in [0.1, 0.15) is 57.9 Å². The van der Waals surface area contributed by atoms with Gasteiger partial charge in [0.2, 0.25) is 0 Å². The number of nitrogens with zero attached hydrogens (tertiary/aromatic N) is 3. The summed E-state index contributed by atoms with van der Waals surface area (Å²) in [6.45, 7) is 7.53. The number of aliphatic imine (C=N–C) groups is 1. The van der Waals surface area contributed by atoms with Crippen molar-refractivity contribution < 1.29 is 18.7 Å². The number of amides is 1. The van der Waals surface area contributed by atoms with Crippen LogP contribution in [-0.2, 0) is 19.9 Å². The number of ether oxygens (including phenoxy) is 1. The fourth-order valence-electron chi connectivity index (χ4n) is 5.64. The Bertz CT molecular complexity index is 1040. The lowest BCUT2D eigenvalue weighted by molar-refractivity contribution is -0.136. The van der Waals surface area contributed by atoms with E-state index in [1.165, 1.54) is 24.8 Å². The first-order valence-corrected chi connectivity index (χ1v) is 12.7. The van der Waals surface area contributed by atoms with Gasteiger partial charge in [0.15, 0.2) is 5.54 Å². The number of carbonyl (C=O) groups is 2. The molecule has 1 aliphatic carbocycles. The van der Waals surface area contributed by atoms with Crippen molar-refractivity contribution >= 4 is 17.7 Å². The van der Waals surface area contributed by atoms with E-state index in [0.29, 0.717) is 18.9 Å². The van der Waals surface area contributed by atoms with Crippen LogP contribution in [0.25, 0.3) is 0 Å². The Balaban J connectivity index is 1.27. The number of hydrogen-bond donors (Lipinski definition) is 0. The molecule has 1 aromatic rings. The lowest BCUT2D eigenvalue weighted by Crippen LogP contribution is -2.42. The van der Waals surface area contributed by atoms with Gasteiger partial charge in [0.05, 0.1) is 7.11 Å². The average Bonchev–Trinajstić information content (AvgIpc) is 3.14. The topological polar surface area (TPSA) is 62.2 Å². The van der Waals surface area contributed by atoms with Crippen molar-refractivity contribution in [1.82, 2.24) is 9.80 Å². The highest BCUT2D eigenvalue weighted by Crippen LogP contribution is 2.37. The van der Waals surface area contributed by atoms with Crippen LogP contribution >= 0.6 is 0 Å². The number of methoxy groups -OCH3 is 1. The molecule has 1 amide bonds. The van der Waals surface area contributed by atoms with Crippen molar-refractivity contribution in [3.8, 4) is 0 Å². The number of allylic oxidation sites excluding steroid dienone is 3. The van der Waals surface area contributed by atoms with Gasteiger partial charge in [-0.2, -0.15) is 0 Å². The lowest BCUT2D eigenvalue weighted by Gasteiger charge is -2.34. The maximum atomic E-state index is 13.4. The Morgan fingerprint density at radius 1 is 1.14 bits per heavy atom. The Labute approximate surface area is 207 Å². The molecule has 0 aromatic heterocycles. The molecule has 1 fully saturated rings. The summed E-state index contributed by atoms with van der Waals surface area (Å²) in [5.74, 6) is 0.779. The zero-order valence-corrected chi connectivity index (χ0v) is 21.1. The van der Waals surface area contributed by atoms with E-state index in [1.54, 1.807) is 17.0 Å². The maximum Gasteiger partial charge on any atom is 0.333 e. The minimum absolute atomic E-state index is 0.00793. The number of piperidine rings is 1. The van der Waals surface area contributed by atoms with Gasteiger partial charge in [-0.1, -0.05) is 36.8 Å². The zero-order chi connectivity index (χ0) is 25.0. The molecule has 188 valence electrons. The van der Waals surface area contributed by atoms with Crippen LogP contribution in [-0.4, -0.2) is 60.8 Å². The maximum absolute atomic E-state index is 13.4. The highest BCUT2D eigenvalue weighted by Gasteiger charge is 2.46. The third-order valence-electron chi connectivity index (χ3n) is 7.77. The van der Waals surface area contributed by atoms with Gasteiger partial charge in [-0.3, -0.25) is 14.7 Å². The van der Waals surface area contributed by atoms with Gasteiger partial charge in [-0.15, -0.1) is 0 Å². The molecule has 2 heterocycles. The van der Waals surface area contributed by atoms with Gasteiger partial charge in [0.25, 0.3) is 5.91 Å². The quantitative estimate of drug-likeness (QED) is 0.509. The Hall–Kier alpha value is -2.80. The molecule has 4 rings (SSSR count). The molecule has 1 aromatic carbocycles. The molecule has 1 unspecified atom stereocenters. The number of rotatable bonds is 8.